The normalized spacial score (nSPS) is 25.0. The average Bonchev–Trinajstić information content (AvgIpc) is 3.73. The molecule has 2 saturated heterocycles. The van der Waals surface area contributed by atoms with Crippen LogP contribution in [0, 0.1) is 23.7 Å². The van der Waals surface area contributed by atoms with E-state index < -0.39 is 137 Å². The number of amides is 4. The first-order valence-corrected chi connectivity index (χ1v) is 15.8. The Hall–Kier alpha value is -3.42. The van der Waals surface area contributed by atoms with E-state index in [1.165, 1.54) is 12.2 Å². The number of rotatable bonds is 10. The highest BCUT2D eigenvalue weighted by Gasteiger charge is 2.87. The van der Waals surface area contributed by atoms with Gasteiger partial charge in [0, 0.05) is 12.8 Å². The van der Waals surface area contributed by atoms with E-state index in [-0.39, 0.29) is 0 Å². The number of imide groups is 2. The fourth-order valence-electron chi connectivity index (χ4n) is 4.91. The molecular weight excluding hydrogens is 846 g/mol. The highest BCUT2D eigenvalue weighted by Crippen LogP contribution is 2.57. The Labute approximate surface area is 279 Å². The lowest BCUT2D eigenvalue weighted by Gasteiger charge is -2.32. The predicted octanol–water partition coefficient (Wildman–Crippen LogP) is 4.30. The maximum absolute atomic E-state index is 13.7. The first kappa shape index (κ1) is 44.0. The fourth-order valence-corrected chi connectivity index (χ4v) is 6.69. The Bertz CT molecular complexity index is 1760. The maximum Gasteiger partial charge on any atom is 0.460 e. The molecule has 53 heavy (non-hydrogen) atoms. The molecule has 4 rings (SSSR count). The number of hydrogen-bond acceptors (Lipinski definition) is 10. The first-order chi connectivity index (χ1) is 23.3. The molecular formula is C21H12F18N2O10S2. The largest absolute Gasteiger partial charge is 0.460 e. The van der Waals surface area contributed by atoms with Gasteiger partial charge in [-0.15, -0.1) is 18.7 Å². The number of nitrogens with zero attached hydrogens (tertiary/aromatic N) is 2. The topological polar surface area (TPSA) is 161 Å². The molecule has 304 valence electrons. The maximum atomic E-state index is 13.7. The van der Waals surface area contributed by atoms with Crippen LogP contribution in [0.5, 0.6) is 0 Å². The minimum Gasteiger partial charge on any atom is -0.272 e. The van der Waals surface area contributed by atoms with E-state index in [2.05, 4.69) is 8.57 Å². The number of carbonyl (C=O) groups is 4. The van der Waals surface area contributed by atoms with Gasteiger partial charge in [0.15, 0.2) is 0 Å². The SMILES string of the molecule is O=C1C2C3C=CC(C3)C2C(=O)N1OS(=O)(=O)C(F)(F)C(F)(F)C(F)(F)C(F)(F)F.O=C1CCC(=O)N1OS(=O)(=O)C(F)(F)C(F)(F)C(F)(F)C(F)(F)F. The Morgan fingerprint density at radius 1 is 0.491 bits per heavy atom. The fraction of sp³-hybridized carbons (Fsp3) is 0.714. The summed E-state index contributed by atoms with van der Waals surface area (Å²) in [7, 11) is -14.6. The van der Waals surface area contributed by atoms with E-state index in [4.69, 9.17) is 0 Å². The van der Waals surface area contributed by atoms with Crippen molar-refractivity contribution >= 4 is 43.9 Å². The molecule has 2 bridgehead atoms. The smallest absolute Gasteiger partial charge is 0.272 e. The third kappa shape index (κ3) is 6.38. The molecule has 4 amide bonds. The summed E-state index contributed by atoms with van der Waals surface area (Å²) in [6.07, 6.45) is -12.8. The van der Waals surface area contributed by atoms with Gasteiger partial charge in [-0.2, -0.15) is 95.9 Å². The molecule has 4 unspecified atom stereocenters. The number of hydrogen-bond donors (Lipinski definition) is 0. The van der Waals surface area contributed by atoms with Crippen LogP contribution in [0.3, 0.4) is 0 Å². The zero-order valence-corrected chi connectivity index (χ0v) is 25.8. The monoisotopic (exact) mass is 858 g/mol. The summed E-state index contributed by atoms with van der Waals surface area (Å²) in [5, 5.41) is -16.0. The second-order valence-corrected chi connectivity index (χ2v) is 14.1. The van der Waals surface area contributed by atoms with Crippen LogP contribution in [0.4, 0.5) is 79.0 Å². The second-order valence-electron chi connectivity index (χ2n) is 10.9. The minimum absolute atomic E-state index is 0.291. The Morgan fingerprint density at radius 3 is 1.06 bits per heavy atom. The molecule has 0 spiro atoms. The van der Waals surface area contributed by atoms with E-state index in [0.717, 1.165) is 0 Å². The van der Waals surface area contributed by atoms with E-state index in [9.17, 15) is 115 Å². The summed E-state index contributed by atoms with van der Waals surface area (Å²) in [5.41, 5.74) is 0. The molecule has 32 heteroatoms. The summed E-state index contributed by atoms with van der Waals surface area (Å²) in [6.45, 7) is 0. The van der Waals surface area contributed by atoms with Crippen molar-refractivity contribution in [3.63, 3.8) is 0 Å². The molecule has 3 fully saturated rings. The van der Waals surface area contributed by atoms with Crippen molar-refractivity contribution in [2.45, 2.75) is 65.8 Å². The molecule has 0 aromatic carbocycles. The Morgan fingerprint density at radius 2 is 0.774 bits per heavy atom. The lowest BCUT2D eigenvalue weighted by Crippen LogP contribution is -2.64. The van der Waals surface area contributed by atoms with Gasteiger partial charge < -0.3 is 0 Å². The minimum atomic E-state index is -7.53. The summed E-state index contributed by atoms with van der Waals surface area (Å²) in [5.74, 6) is -39.9. The molecule has 1 saturated carbocycles. The number of hydroxylamine groups is 4. The molecule has 4 atom stereocenters. The van der Waals surface area contributed by atoms with Gasteiger partial charge >= 0.3 is 66.8 Å². The molecule has 12 nitrogen and oxygen atoms in total. The Balaban J connectivity index is 0.000000291. The van der Waals surface area contributed by atoms with Gasteiger partial charge in [-0.3, -0.25) is 19.2 Å². The second kappa shape index (κ2) is 12.6. The van der Waals surface area contributed by atoms with Crippen molar-refractivity contribution in [3.05, 3.63) is 12.2 Å². The number of alkyl halides is 18. The van der Waals surface area contributed by atoms with E-state index in [0.29, 0.717) is 6.42 Å². The summed E-state index contributed by atoms with van der Waals surface area (Å²) in [6, 6.07) is 0. The highest BCUT2D eigenvalue weighted by molar-refractivity contribution is 7.88. The van der Waals surface area contributed by atoms with Crippen LogP contribution in [-0.4, -0.2) is 97.1 Å². The van der Waals surface area contributed by atoms with Crippen LogP contribution in [0.2, 0.25) is 0 Å². The van der Waals surface area contributed by atoms with E-state index in [1.54, 1.807) is 0 Å². The van der Waals surface area contributed by atoms with Crippen LogP contribution < -0.4 is 0 Å². The molecule has 2 aliphatic carbocycles. The average molecular weight is 858 g/mol. The molecule has 2 aliphatic heterocycles. The van der Waals surface area contributed by atoms with Crippen molar-refractivity contribution in [2.24, 2.45) is 23.7 Å². The lowest BCUT2D eigenvalue weighted by atomic mass is 9.85. The zero-order chi connectivity index (χ0) is 41.7. The molecule has 0 aromatic rings. The van der Waals surface area contributed by atoms with Crippen LogP contribution in [0.1, 0.15) is 19.3 Å². The van der Waals surface area contributed by atoms with Gasteiger partial charge in [-0.25, -0.2) is 0 Å². The summed E-state index contributed by atoms with van der Waals surface area (Å²) in [4.78, 5) is 46.1. The first-order valence-electron chi connectivity index (χ1n) is 13.0. The van der Waals surface area contributed by atoms with Crippen LogP contribution in [0.15, 0.2) is 12.2 Å². The van der Waals surface area contributed by atoms with Crippen molar-refractivity contribution in [1.29, 1.82) is 0 Å². The number of carbonyl (C=O) groups excluding carboxylic acids is 4. The van der Waals surface area contributed by atoms with Gasteiger partial charge in [0.05, 0.1) is 11.8 Å². The van der Waals surface area contributed by atoms with Gasteiger partial charge in [-0.1, -0.05) is 12.2 Å². The van der Waals surface area contributed by atoms with Gasteiger partial charge in [0.1, 0.15) is 0 Å². The van der Waals surface area contributed by atoms with Crippen LogP contribution >= 0.6 is 0 Å². The third-order valence-electron chi connectivity index (χ3n) is 7.64. The molecule has 0 radical (unpaired) electrons. The van der Waals surface area contributed by atoms with Crippen LogP contribution in [0.25, 0.3) is 0 Å². The lowest BCUT2D eigenvalue weighted by molar-refractivity contribution is -0.383. The standard InChI is InChI=1S/C13H8F9NO5S.C8H4F9NO5S/c14-10(15,12(18,19)20)11(16,17)13(21,22)29(26,27)28-23-8(24)6-4-1-2-5(3-4)7(6)9(23)25;9-5(10,7(13,14)15)6(11,12)8(16,17)24(21,22)23-18-3(19)1-2-4(18)20/h1-2,4-7H,3H2;1-2H2. The summed E-state index contributed by atoms with van der Waals surface area (Å²) >= 11 is 0. The van der Waals surface area contributed by atoms with Crippen molar-refractivity contribution < 1.29 is 124 Å². The molecule has 4 aliphatic rings. The molecule has 0 aromatic heterocycles. The highest BCUT2D eigenvalue weighted by atomic mass is 32.2. The van der Waals surface area contributed by atoms with Gasteiger partial charge in [0.25, 0.3) is 23.6 Å². The quantitative estimate of drug-likeness (QED) is 0.176. The number of allylic oxidation sites excluding steroid dienone is 2. The van der Waals surface area contributed by atoms with Crippen molar-refractivity contribution in [2.75, 3.05) is 0 Å². The zero-order valence-electron chi connectivity index (χ0n) is 24.2. The molecule has 0 N–H and O–H groups in total. The molecule has 2 heterocycles. The van der Waals surface area contributed by atoms with Crippen LogP contribution in [-0.2, 0) is 48.0 Å². The third-order valence-corrected chi connectivity index (χ3v) is 10.1. The summed E-state index contributed by atoms with van der Waals surface area (Å²) < 4.78 is 281. The number of halogens is 18. The van der Waals surface area contributed by atoms with Gasteiger partial charge in [-0.05, 0) is 18.3 Å². The number of fused-ring (bicyclic) bond motifs is 5. The van der Waals surface area contributed by atoms with E-state index in [1.807, 2.05) is 0 Å². The van der Waals surface area contributed by atoms with E-state index >= 15 is 0 Å². The van der Waals surface area contributed by atoms with Crippen molar-refractivity contribution in [1.82, 2.24) is 10.1 Å². The predicted molar refractivity (Wildman–Crippen MR) is 122 cm³/mol. The van der Waals surface area contributed by atoms with Gasteiger partial charge in [0.2, 0.25) is 0 Å². The van der Waals surface area contributed by atoms with Crippen molar-refractivity contribution in [3.8, 4) is 0 Å². The Kier molecular flexibility index (Phi) is 10.4.